The van der Waals surface area contributed by atoms with Gasteiger partial charge in [0.25, 0.3) is 0 Å². The largest absolute Gasteiger partial charge is 0.365 e. The van der Waals surface area contributed by atoms with Crippen LogP contribution >= 0.6 is 11.6 Å². The number of nitrogens with one attached hydrogen (secondary N) is 2. The molecule has 2 aromatic carbocycles. The SMILES string of the molecule is O=C(CCc1nnc2ccc(NCc3ccc(Cl)cc3)nn12)Nc1ccccc1F. The van der Waals surface area contributed by atoms with Crippen LogP contribution in [0.5, 0.6) is 0 Å². The molecule has 0 atom stereocenters. The minimum absolute atomic E-state index is 0.124. The highest BCUT2D eigenvalue weighted by Gasteiger charge is 2.12. The van der Waals surface area contributed by atoms with Gasteiger partial charge in [-0.05, 0) is 42.0 Å². The van der Waals surface area contributed by atoms with Crippen molar-refractivity contribution in [2.75, 3.05) is 10.6 Å². The third kappa shape index (κ3) is 4.72. The summed E-state index contributed by atoms with van der Waals surface area (Å²) in [7, 11) is 0. The number of carbonyl (C=O) groups excluding carboxylic acids is 1. The molecule has 0 fully saturated rings. The van der Waals surface area contributed by atoms with Crippen molar-refractivity contribution in [2.24, 2.45) is 0 Å². The van der Waals surface area contributed by atoms with Gasteiger partial charge in [-0.2, -0.15) is 4.52 Å². The van der Waals surface area contributed by atoms with E-state index in [1.165, 1.54) is 12.1 Å². The zero-order chi connectivity index (χ0) is 20.9. The van der Waals surface area contributed by atoms with Crippen LogP contribution in [-0.2, 0) is 17.8 Å². The molecule has 4 aromatic rings. The van der Waals surface area contributed by atoms with Crippen molar-refractivity contribution < 1.29 is 9.18 Å². The van der Waals surface area contributed by atoms with Crippen molar-refractivity contribution in [3.05, 3.63) is 82.9 Å². The number of aryl methyl sites for hydroxylation is 1. The second kappa shape index (κ2) is 8.87. The molecule has 0 bridgehead atoms. The number of rotatable bonds is 7. The molecule has 7 nitrogen and oxygen atoms in total. The quantitative estimate of drug-likeness (QED) is 0.466. The van der Waals surface area contributed by atoms with Gasteiger partial charge in [-0.15, -0.1) is 15.3 Å². The molecule has 0 aliphatic carbocycles. The summed E-state index contributed by atoms with van der Waals surface area (Å²) in [6.45, 7) is 0.582. The number of para-hydroxylation sites is 1. The van der Waals surface area contributed by atoms with E-state index in [1.54, 1.807) is 22.7 Å². The predicted molar refractivity (Wildman–Crippen MR) is 113 cm³/mol. The van der Waals surface area contributed by atoms with E-state index in [4.69, 9.17) is 11.6 Å². The predicted octanol–water partition coefficient (Wildman–Crippen LogP) is 4.10. The van der Waals surface area contributed by atoms with Crippen molar-refractivity contribution in [3.63, 3.8) is 0 Å². The van der Waals surface area contributed by atoms with E-state index in [1.807, 2.05) is 30.3 Å². The molecule has 2 N–H and O–H groups in total. The molecule has 30 heavy (non-hydrogen) atoms. The maximum absolute atomic E-state index is 13.7. The maximum atomic E-state index is 13.7. The summed E-state index contributed by atoms with van der Waals surface area (Å²) < 4.78 is 15.3. The van der Waals surface area contributed by atoms with E-state index in [-0.39, 0.29) is 18.0 Å². The summed E-state index contributed by atoms with van der Waals surface area (Å²) in [6.07, 6.45) is 0.439. The van der Waals surface area contributed by atoms with Gasteiger partial charge in [0.1, 0.15) is 11.6 Å². The second-order valence-corrected chi connectivity index (χ2v) is 7.05. The van der Waals surface area contributed by atoms with Crippen LogP contribution in [0, 0.1) is 5.82 Å². The molecule has 0 unspecified atom stereocenters. The Morgan fingerprint density at radius 3 is 2.63 bits per heavy atom. The van der Waals surface area contributed by atoms with Crippen LogP contribution in [0.1, 0.15) is 17.8 Å². The molecule has 0 radical (unpaired) electrons. The average Bonchev–Trinajstić information content (AvgIpc) is 3.16. The fourth-order valence-electron chi connectivity index (χ4n) is 2.88. The number of anilines is 2. The highest BCUT2D eigenvalue weighted by atomic mass is 35.5. The number of benzene rings is 2. The van der Waals surface area contributed by atoms with E-state index in [9.17, 15) is 9.18 Å². The van der Waals surface area contributed by atoms with E-state index in [0.717, 1.165) is 5.56 Å². The van der Waals surface area contributed by atoms with Crippen molar-refractivity contribution in [1.82, 2.24) is 19.8 Å². The lowest BCUT2D eigenvalue weighted by atomic mass is 10.2. The third-order valence-electron chi connectivity index (χ3n) is 4.44. The molecule has 152 valence electrons. The standard InChI is InChI=1S/C21H18ClFN6O/c22-15-7-5-14(6-8-15)13-24-18-9-10-19-26-27-20(29(19)28-18)11-12-21(30)25-17-4-2-1-3-16(17)23/h1-10H,11-13H2,(H,24,28)(H,25,30). The summed E-state index contributed by atoms with van der Waals surface area (Å²) in [4.78, 5) is 12.2. The highest BCUT2D eigenvalue weighted by Crippen LogP contribution is 2.14. The van der Waals surface area contributed by atoms with E-state index < -0.39 is 5.82 Å². The van der Waals surface area contributed by atoms with Gasteiger partial charge in [-0.25, -0.2) is 4.39 Å². The third-order valence-corrected chi connectivity index (χ3v) is 4.69. The molecule has 0 saturated heterocycles. The summed E-state index contributed by atoms with van der Waals surface area (Å²) >= 11 is 5.91. The van der Waals surface area contributed by atoms with Crippen LogP contribution < -0.4 is 10.6 Å². The molecular formula is C21H18ClFN6O. The van der Waals surface area contributed by atoms with Gasteiger partial charge in [-0.3, -0.25) is 4.79 Å². The number of hydrogen-bond acceptors (Lipinski definition) is 5. The molecule has 0 spiro atoms. The molecule has 2 aromatic heterocycles. The van der Waals surface area contributed by atoms with E-state index >= 15 is 0 Å². The fourth-order valence-corrected chi connectivity index (χ4v) is 3.00. The Bertz CT molecular complexity index is 1180. The Morgan fingerprint density at radius 2 is 1.83 bits per heavy atom. The first kappa shape index (κ1) is 19.8. The van der Waals surface area contributed by atoms with Crippen LogP contribution in [0.2, 0.25) is 5.02 Å². The Labute approximate surface area is 176 Å². The highest BCUT2D eigenvalue weighted by molar-refractivity contribution is 6.30. The van der Waals surface area contributed by atoms with Gasteiger partial charge in [0.2, 0.25) is 5.91 Å². The minimum atomic E-state index is -0.475. The van der Waals surface area contributed by atoms with E-state index in [0.29, 0.717) is 35.3 Å². The Balaban J connectivity index is 1.40. The summed E-state index contributed by atoms with van der Waals surface area (Å²) in [5.74, 6) is 0.406. The molecule has 1 amide bonds. The number of amides is 1. The first-order valence-corrected chi connectivity index (χ1v) is 9.70. The van der Waals surface area contributed by atoms with Gasteiger partial charge >= 0.3 is 0 Å². The Morgan fingerprint density at radius 1 is 1.03 bits per heavy atom. The number of carbonyl (C=O) groups is 1. The molecule has 2 heterocycles. The molecule has 0 saturated carbocycles. The van der Waals surface area contributed by atoms with Gasteiger partial charge in [0, 0.05) is 24.4 Å². The summed E-state index contributed by atoms with van der Waals surface area (Å²) in [6, 6.07) is 17.2. The van der Waals surface area contributed by atoms with Crippen LogP contribution in [0.4, 0.5) is 15.9 Å². The first-order valence-electron chi connectivity index (χ1n) is 9.32. The normalized spacial score (nSPS) is 10.9. The Hall–Kier alpha value is -3.52. The van der Waals surface area contributed by atoms with Crippen molar-refractivity contribution >= 4 is 34.7 Å². The maximum Gasteiger partial charge on any atom is 0.224 e. The van der Waals surface area contributed by atoms with Gasteiger partial charge in [0.15, 0.2) is 11.5 Å². The van der Waals surface area contributed by atoms with Crippen molar-refractivity contribution in [2.45, 2.75) is 19.4 Å². The minimum Gasteiger partial charge on any atom is -0.365 e. The number of fused-ring (bicyclic) bond motifs is 1. The van der Waals surface area contributed by atoms with Gasteiger partial charge < -0.3 is 10.6 Å². The molecule has 4 rings (SSSR count). The monoisotopic (exact) mass is 424 g/mol. The first-order chi connectivity index (χ1) is 14.6. The lowest BCUT2D eigenvalue weighted by molar-refractivity contribution is -0.116. The number of aromatic nitrogens is 4. The fraction of sp³-hybridized carbons (Fsp3) is 0.143. The number of hydrogen-bond donors (Lipinski definition) is 2. The molecule has 9 heteroatoms. The number of nitrogens with zero attached hydrogens (tertiary/aromatic N) is 4. The van der Waals surface area contributed by atoms with E-state index in [2.05, 4.69) is 25.9 Å². The molecule has 0 aliphatic heterocycles. The lowest BCUT2D eigenvalue weighted by Crippen LogP contribution is -2.14. The molecular weight excluding hydrogens is 407 g/mol. The second-order valence-electron chi connectivity index (χ2n) is 6.61. The van der Waals surface area contributed by atoms with Crippen LogP contribution in [-0.4, -0.2) is 25.7 Å². The van der Waals surface area contributed by atoms with Crippen LogP contribution in [0.3, 0.4) is 0 Å². The smallest absolute Gasteiger partial charge is 0.224 e. The van der Waals surface area contributed by atoms with Gasteiger partial charge in [0.05, 0.1) is 5.69 Å². The average molecular weight is 425 g/mol. The zero-order valence-electron chi connectivity index (χ0n) is 15.8. The van der Waals surface area contributed by atoms with Crippen molar-refractivity contribution in [3.8, 4) is 0 Å². The molecule has 0 aliphatic rings. The van der Waals surface area contributed by atoms with Crippen LogP contribution in [0.25, 0.3) is 5.65 Å². The summed E-state index contributed by atoms with van der Waals surface area (Å²) in [5, 5.41) is 19.2. The lowest BCUT2D eigenvalue weighted by Gasteiger charge is -2.07. The Kier molecular flexibility index (Phi) is 5.85. The zero-order valence-corrected chi connectivity index (χ0v) is 16.6. The van der Waals surface area contributed by atoms with Crippen molar-refractivity contribution in [1.29, 1.82) is 0 Å². The van der Waals surface area contributed by atoms with Crippen LogP contribution in [0.15, 0.2) is 60.7 Å². The van der Waals surface area contributed by atoms with Gasteiger partial charge in [-0.1, -0.05) is 35.9 Å². The topological polar surface area (TPSA) is 84.2 Å². The summed E-state index contributed by atoms with van der Waals surface area (Å²) in [5.41, 5.74) is 1.80. The number of halogens is 2.